The Morgan fingerprint density at radius 3 is 0.750 bits per heavy atom. The van der Waals surface area contributed by atoms with Crippen molar-refractivity contribution in [3.63, 3.8) is 0 Å². The zero-order valence-electron chi connectivity index (χ0n) is 27.7. The van der Waals surface area contributed by atoms with Gasteiger partial charge in [-0.05, 0) is 99.0 Å². The van der Waals surface area contributed by atoms with Gasteiger partial charge < -0.3 is 0 Å². The van der Waals surface area contributed by atoms with Crippen LogP contribution in [-0.4, -0.2) is 92.5 Å². The number of carbonyl (C=O) groups excluding carboxylic acids is 3. The molecular formula is C36H51N3O3Pd2. The van der Waals surface area contributed by atoms with Crippen LogP contribution in [0.2, 0.25) is 0 Å². The number of carbonyl (C=O) groups is 3. The molecule has 3 atom stereocenters. The van der Waals surface area contributed by atoms with Crippen LogP contribution in [0.25, 0.3) is 0 Å². The van der Waals surface area contributed by atoms with Crippen molar-refractivity contribution >= 4 is 17.3 Å². The van der Waals surface area contributed by atoms with Crippen molar-refractivity contribution in [1.82, 2.24) is 14.7 Å². The summed E-state index contributed by atoms with van der Waals surface area (Å²) in [7, 11) is 11.6. The van der Waals surface area contributed by atoms with Crippen LogP contribution in [-0.2, 0) is 74.5 Å². The molecule has 44 heavy (non-hydrogen) atoms. The molecule has 8 heteroatoms. The summed E-state index contributed by atoms with van der Waals surface area (Å²) in [5.41, 5.74) is 3.63. The number of hydrogen-bond donors (Lipinski definition) is 0. The second-order valence-corrected chi connectivity index (χ2v) is 11.3. The summed E-state index contributed by atoms with van der Waals surface area (Å²) in [6.07, 6.45) is 2.38. The molecule has 3 unspecified atom stereocenters. The molecule has 248 valence electrons. The van der Waals surface area contributed by atoms with Crippen LogP contribution in [0.4, 0.5) is 0 Å². The molecule has 0 bridgehead atoms. The fourth-order valence-corrected chi connectivity index (χ4v) is 4.58. The van der Waals surface area contributed by atoms with Gasteiger partial charge in [-0.25, -0.2) is 0 Å². The van der Waals surface area contributed by atoms with Gasteiger partial charge in [0.05, 0.1) is 18.1 Å². The molecule has 3 rings (SSSR count). The molecule has 0 heterocycles. The summed E-state index contributed by atoms with van der Waals surface area (Å²) in [5.74, 6) is 0.663. The van der Waals surface area contributed by atoms with Gasteiger partial charge in [0, 0.05) is 40.8 Å². The van der Waals surface area contributed by atoms with E-state index >= 15 is 0 Å². The van der Waals surface area contributed by atoms with E-state index in [1.54, 1.807) is 20.8 Å². The number of Topliss-reactive ketones (excluding diaryl/α,β-unsaturated/α-hetero) is 3. The molecule has 0 fully saturated rings. The van der Waals surface area contributed by atoms with E-state index in [-0.39, 0.29) is 76.3 Å². The van der Waals surface area contributed by atoms with Gasteiger partial charge in [-0.2, -0.15) is 0 Å². The Balaban J connectivity index is 0. The minimum Gasteiger partial charge on any atom is -0.299 e. The molecule has 0 aliphatic heterocycles. The van der Waals surface area contributed by atoms with Gasteiger partial charge in [-0.1, -0.05) is 91.0 Å². The Morgan fingerprint density at radius 1 is 0.432 bits per heavy atom. The Hall–Kier alpha value is -2.13. The smallest absolute Gasteiger partial charge is 0.147 e. The molecular weight excluding hydrogens is 735 g/mol. The molecule has 0 saturated heterocycles. The van der Waals surface area contributed by atoms with Crippen molar-refractivity contribution in [3.05, 3.63) is 108 Å². The average Bonchev–Trinajstić information content (AvgIpc) is 2.94. The molecule has 0 spiro atoms. The van der Waals surface area contributed by atoms with Crippen LogP contribution < -0.4 is 0 Å². The summed E-state index contributed by atoms with van der Waals surface area (Å²) in [5, 5.41) is 0. The first-order valence-electron chi connectivity index (χ1n) is 14.5. The van der Waals surface area contributed by atoms with Crippen molar-refractivity contribution in [2.75, 3.05) is 42.3 Å². The van der Waals surface area contributed by atoms with Crippen LogP contribution in [0.3, 0.4) is 0 Å². The number of rotatable bonds is 12. The van der Waals surface area contributed by atoms with Gasteiger partial charge in [0.25, 0.3) is 0 Å². The predicted molar refractivity (Wildman–Crippen MR) is 175 cm³/mol. The second kappa shape index (κ2) is 24.2. The maximum absolute atomic E-state index is 11.3. The number of likely N-dealkylation sites (N-methyl/N-ethyl adjacent to an activating group) is 3. The van der Waals surface area contributed by atoms with Gasteiger partial charge in [-0.15, -0.1) is 0 Å². The minimum absolute atomic E-state index is 0. The zero-order valence-corrected chi connectivity index (χ0v) is 30.8. The van der Waals surface area contributed by atoms with E-state index in [2.05, 4.69) is 36.4 Å². The zero-order chi connectivity index (χ0) is 31.7. The van der Waals surface area contributed by atoms with E-state index in [9.17, 15) is 14.4 Å². The first kappa shape index (κ1) is 44.0. The summed E-state index contributed by atoms with van der Waals surface area (Å²) in [6.45, 7) is 4.94. The summed E-state index contributed by atoms with van der Waals surface area (Å²) >= 11 is 0. The maximum atomic E-state index is 11.3. The van der Waals surface area contributed by atoms with Gasteiger partial charge in [-0.3, -0.25) is 29.1 Å². The monoisotopic (exact) mass is 785 g/mol. The first-order chi connectivity index (χ1) is 19.8. The standard InChI is InChI=1S/3C12H17NO.2Pd/c3*1-10(14)12(13(2)3)9-11-7-5-4-6-8-11;;/h3*4-8,12H,9H2,1-3H3;;. The van der Waals surface area contributed by atoms with Gasteiger partial charge in [0.15, 0.2) is 0 Å². The summed E-state index contributed by atoms with van der Waals surface area (Å²) in [4.78, 5) is 39.9. The van der Waals surface area contributed by atoms with Gasteiger partial charge >= 0.3 is 0 Å². The fourth-order valence-electron chi connectivity index (χ4n) is 4.58. The predicted octanol–water partition coefficient (Wildman–Crippen LogP) is 5.24. The second-order valence-electron chi connectivity index (χ2n) is 11.3. The van der Waals surface area contributed by atoms with Crippen LogP contribution in [0.15, 0.2) is 91.0 Å². The first-order valence-corrected chi connectivity index (χ1v) is 14.5. The Labute approximate surface area is 293 Å². The van der Waals surface area contributed by atoms with Crippen molar-refractivity contribution in [1.29, 1.82) is 0 Å². The quantitative estimate of drug-likeness (QED) is 0.235. The molecule has 0 saturated carbocycles. The van der Waals surface area contributed by atoms with Crippen molar-refractivity contribution in [2.24, 2.45) is 0 Å². The van der Waals surface area contributed by atoms with Crippen LogP contribution >= 0.6 is 0 Å². The average molecular weight is 787 g/mol. The molecule has 0 aliphatic rings. The van der Waals surface area contributed by atoms with Crippen LogP contribution in [0, 0.1) is 0 Å². The largest absolute Gasteiger partial charge is 0.299 e. The third-order valence-corrected chi connectivity index (χ3v) is 7.09. The molecule has 6 nitrogen and oxygen atoms in total. The Kier molecular flexibility index (Phi) is 24.2. The van der Waals surface area contributed by atoms with E-state index in [4.69, 9.17) is 0 Å². The SMILES string of the molecule is CC(=O)C(Cc1ccccc1)N(C)C.CC(=O)C(Cc1ccccc1)N(C)C.CC(=O)C(Cc1ccccc1)N(C)C.[Pd].[Pd]. The number of nitrogens with zero attached hydrogens (tertiary/aromatic N) is 3. The van der Waals surface area contributed by atoms with Crippen molar-refractivity contribution < 1.29 is 55.2 Å². The molecule has 0 N–H and O–H groups in total. The van der Waals surface area contributed by atoms with E-state index in [0.29, 0.717) is 0 Å². The number of benzene rings is 3. The van der Waals surface area contributed by atoms with Crippen LogP contribution in [0.5, 0.6) is 0 Å². The minimum atomic E-state index is -0.00241. The van der Waals surface area contributed by atoms with E-state index in [0.717, 1.165) is 19.3 Å². The number of hydrogen-bond acceptors (Lipinski definition) is 6. The van der Waals surface area contributed by atoms with Gasteiger partial charge in [0.1, 0.15) is 17.3 Å². The van der Waals surface area contributed by atoms with Gasteiger partial charge in [0.2, 0.25) is 0 Å². The molecule has 0 radical (unpaired) electrons. The molecule has 3 aromatic carbocycles. The normalized spacial score (nSPS) is 12.3. The van der Waals surface area contributed by atoms with E-state index in [1.807, 2.05) is 112 Å². The van der Waals surface area contributed by atoms with Crippen molar-refractivity contribution in [2.45, 2.75) is 58.2 Å². The molecule has 0 amide bonds. The third-order valence-electron chi connectivity index (χ3n) is 7.09. The summed E-state index contributed by atoms with van der Waals surface area (Å²) in [6, 6.07) is 30.3. The van der Waals surface area contributed by atoms with Crippen molar-refractivity contribution in [3.8, 4) is 0 Å². The summed E-state index contributed by atoms with van der Waals surface area (Å²) < 4.78 is 0. The van der Waals surface area contributed by atoms with E-state index < -0.39 is 0 Å². The molecule has 0 aliphatic carbocycles. The van der Waals surface area contributed by atoms with E-state index in [1.165, 1.54) is 16.7 Å². The van der Waals surface area contributed by atoms with Crippen LogP contribution in [0.1, 0.15) is 37.5 Å². The molecule has 0 aromatic heterocycles. The fraction of sp³-hybridized carbons (Fsp3) is 0.417. The number of ketones is 3. The molecule has 3 aromatic rings. The topological polar surface area (TPSA) is 60.9 Å². The Morgan fingerprint density at radius 2 is 0.614 bits per heavy atom. The third kappa shape index (κ3) is 18.0. The maximum Gasteiger partial charge on any atom is 0.147 e. The Bertz CT molecular complexity index is 1040.